The molecular weight excluding hydrogens is 360 g/mol. The number of thiocarbonyl (C=S) groups is 1. The van der Waals surface area contributed by atoms with Gasteiger partial charge in [0.25, 0.3) is 0 Å². The van der Waals surface area contributed by atoms with Crippen LogP contribution in [-0.2, 0) is 4.79 Å². The number of benzene rings is 1. The summed E-state index contributed by atoms with van der Waals surface area (Å²) in [7, 11) is 0. The minimum atomic E-state index is -0.409. The van der Waals surface area contributed by atoms with Gasteiger partial charge in [-0.15, -0.1) is 0 Å². The van der Waals surface area contributed by atoms with Crippen molar-refractivity contribution in [3.05, 3.63) is 35.4 Å². The van der Waals surface area contributed by atoms with Crippen molar-refractivity contribution in [2.24, 2.45) is 17.1 Å². The van der Waals surface area contributed by atoms with Gasteiger partial charge in [0, 0.05) is 36.1 Å². The smallest absolute Gasteiger partial charge is 0.226 e. The Labute approximate surface area is 166 Å². The van der Waals surface area contributed by atoms with E-state index in [4.69, 9.17) is 18.0 Å². The molecule has 0 radical (unpaired) electrons. The fourth-order valence-electron chi connectivity index (χ4n) is 3.62. The van der Waals surface area contributed by atoms with Gasteiger partial charge in [-0.3, -0.25) is 9.59 Å². The van der Waals surface area contributed by atoms with Crippen LogP contribution in [0.3, 0.4) is 0 Å². The summed E-state index contributed by atoms with van der Waals surface area (Å²) in [6.45, 7) is 8.57. The molecule has 1 aromatic carbocycles. The number of amides is 1. The van der Waals surface area contributed by atoms with Gasteiger partial charge in [0.05, 0.1) is 6.10 Å². The number of nitrogens with zero attached hydrogens (tertiary/aromatic N) is 1. The highest BCUT2D eigenvalue weighted by Gasteiger charge is 2.39. The van der Waals surface area contributed by atoms with E-state index in [1.165, 1.54) is 0 Å². The maximum atomic E-state index is 13.0. The Morgan fingerprint density at radius 2 is 1.81 bits per heavy atom. The highest BCUT2D eigenvalue weighted by molar-refractivity contribution is 7.80. The van der Waals surface area contributed by atoms with Crippen molar-refractivity contribution in [2.45, 2.75) is 59.1 Å². The molecule has 0 aliphatic carbocycles. The molecule has 3 atom stereocenters. The molecule has 1 aliphatic rings. The molecule has 1 aromatic rings. The molecule has 0 spiro atoms. The fraction of sp³-hybridized carbons (Fsp3) is 0.571. The lowest BCUT2D eigenvalue weighted by Gasteiger charge is -2.45. The first-order valence-corrected chi connectivity index (χ1v) is 9.83. The lowest BCUT2D eigenvalue weighted by Crippen LogP contribution is -2.54. The molecule has 0 aromatic heterocycles. The molecule has 1 fully saturated rings. The standard InChI is InChI=1S/C21H30N2O3S/c1-13(11-17(25)14-5-7-15(8-6-14)19(22)27)20(26)23-10-9-16(24)12-18(23)21(2,3)4/h5-8,13,16,18,24H,9-12H2,1-4H3,(H2,22,27)/t13?,16-,18?/m1/s1. The monoisotopic (exact) mass is 390 g/mol. The van der Waals surface area contributed by atoms with Crippen LogP contribution < -0.4 is 5.73 Å². The van der Waals surface area contributed by atoms with Gasteiger partial charge < -0.3 is 15.7 Å². The van der Waals surface area contributed by atoms with Gasteiger partial charge in [-0.1, -0.05) is 64.2 Å². The van der Waals surface area contributed by atoms with E-state index in [9.17, 15) is 14.7 Å². The summed E-state index contributed by atoms with van der Waals surface area (Å²) < 4.78 is 0. The topological polar surface area (TPSA) is 83.6 Å². The quantitative estimate of drug-likeness (QED) is 0.597. The summed E-state index contributed by atoms with van der Waals surface area (Å²) in [6, 6.07) is 6.82. The zero-order valence-corrected chi connectivity index (χ0v) is 17.4. The summed E-state index contributed by atoms with van der Waals surface area (Å²) in [5.41, 5.74) is 6.72. The van der Waals surface area contributed by atoms with Crippen LogP contribution in [0.15, 0.2) is 24.3 Å². The lowest BCUT2D eigenvalue weighted by atomic mass is 9.79. The van der Waals surface area contributed by atoms with Gasteiger partial charge in [-0.05, 0) is 18.3 Å². The number of carbonyl (C=O) groups excluding carboxylic acids is 2. The number of aliphatic hydroxyl groups excluding tert-OH is 1. The highest BCUT2D eigenvalue weighted by atomic mass is 32.1. The number of ketones is 1. The van der Waals surface area contributed by atoms with Crippen molar-refractivity contribution in [1.29, 1.82) is 0 Å². The molecule has 148 valence electrons. The van der Waals surface area contributed by atoms with Crippen LogP contribution in [0.25, 0.3) is 0 Å². The maximum absolute atomic E-state index is 13.0. The number of aliphatic hydroxyl groups is 1. The van der Waals surface area contributed by atoms with E-state index in [-0.39, 0.29) is 40.7 Å². The van der Waals surface area contributed by atoms with Gasteiger partial charge in [0.1, 0.15) is 4.99 Å². The molecule has 5 nitrogen and oxygen atoms in total. The fourth-order valence-corrected chi connectivity index (χ4v) is 3.75. The zero-order valence-electron chi connectivity index (χ0n) is 16.6. The maximum Gasteiger partial charge on any atom is 0.226 e. The van der Waals surface area contributed by atoms with Gasteiger partial charge in [0.2, 0.25) is 5.91 Å². The van der Waals surface area contributed by atoms with Crippen LogP contribution in [0, 0.1) is 11.3 Å². The van der Waals surface area contributed by atoms with Crippen molar-refractivity contribution in [1.82, 2.24) is 4.90 Å². The molecule has 0 saturated carbocycles. The van der Waals surface area contributed by atoms with Crippen molar-refractivity contribution in [3.63, 3.8) is 0 Å². The highest BCUT2D eigenvalue weighted by Crippen LogP contribution is 2.33. The van der Waals surface area contributed by atoms with E-state index >= 15 is 0 Å². The third kappa shape index (κ3) is 5.36. The summed E-state index contributed by atoms with van der Waals surface area (Å²) in [4.78, 5) is 27.8. The van der Waals surface area contributed by atoms with Gasteiger partial charge >= 0.3 is 0 Å². The minimum absolute atomic E-state index is 0.0186. The number of Topliss-reactive ketones (excluding diaryl/α,β-unsaturated/α-hetero) is 1. The van der Waals surface area contributed by atoms with Crippen LogP contribution in [0.5, 0.6) is 0 Å². The molecule has 0 bridgehead atoms. The molecule has 1 aliphatic heterocycles. The van der Waals surface area contributed by atoms with Crippen LogP contribution in [-0.4, -0.2) is 45.4 Å². The Morgan fingerprint density at radius 1 is 1.26 bits per heavy atom. The van der Waals surface area contributed by atoms with Crippen LogP contribution in [0.2, 0.25) is 0 Å². The summed E-state index contributed by atoms with van der Waals surface area (Å²) in [5.74, 6) is -0.502. The number of hydrogen-bond acceptors (Lipinski definition) is 4. The number of piperidine rings is 1. The predicted molar refractivity (Wildman–Crippen MR) is 111 cm³/mol. The number of nitrogens with two attached hydrogens (primary N) is 1. The SMILES string of the molecule is CC(CC(=O)c1ccc(C(N)=S)cc1)C(=O)N1CC[C@@H](O)CC1C(C)(C)C. The number of carbonyl (C=O) groups is 2. The predicted octanol–water partition coefficient (Wildman–Crippen LogP) is 2.93. The summed E-state index contributed by atoms with van der Waals surface area (Å²) in [5, 5.41) is 10.0. The summed E-state index contributed by atoms with van der Waals surface area (Å²) >= 11 is 4.92. The Kier molecular flexibility index (Phi) is 6.76. The van der Waals surface area contributed by atoms with Crippen molar-refractivity contribution in [3.8, 4) is 0 Å². The van der Waals surface area contributed by atoms with Crippen LogP contribution in [0.1, 0.15) is 62.9 Å². The van der Waals surface area contributed by atoms with Gasteiger partial charge in [0.15, 0.2) is 5.78 Å². The van der Waals surface area contributed by atoms with Gasteiger partial charge in [-0.25, -0.2) is 0 Å². The molecule has 2 unspecified atom stereocenters. The molecule has 6 heteroatoms. The normalized spacial score (nSPS) is 21.6. The molecule has 1 heterocycles. The average molecular weight is 391 g/mol. The van der Waals surface area contributed by atoms with E-state index in [1.807, 2.05) is 4.90 Å². The molecule has 2 rings (SSSR count). The number of hydrogen-bond donors (Lipinski definition) is 2. The van der Waals surface area contributed by atoms with E-state index in [1.54, 1.807) is 31.2 Å². The largest absolute Gasteiger partial charge is 0.393 e. The van der Waals surface area contributed by atoms with Gasteiger partial charge in [-0.2, -0.15) is 0 Å². The Morgan fingerprint density at radius 3 is 2.33 bits per heavy atom. The Bertz CT molecular complexity index is 709. The van der Waals surface area contributed by atoms with E-state index < -0.39 is 5.92 Å². The second-order valence-corrected chi connectivity index (χ2v) is 9.00. The second kappa shape index (κ2) is 8.48. The lowest BCUT2D eigenvalue weighted by molar-refractivity contribution is -0.144. The molecular formula is C21H30N2O3S. The minimum Gasteiger partial charge on any atom is -0.393 e. The molecule has 1 amide bonds. The number of rotatable bonds is 5. The second-order valence-electron chi connectivity index (χ2n) is 8.56. The third-order valence-corrected chi connectivity index (χ3v) is 5.50. The first kappa shape index (κ1) is 21.5. The zero-order chi connectivity index (χ0) is 20.4. The van der Waals surface area contributed by atoms with Crippen LogP contribution in [0.4, 0.5) is 0 Å². The average Bonchev–Trinajstić information content (AvgIpc) is 2.60. The van der Waals surface area contributed by atoms with E-state index in [0.717, 1.165) is 0 Å². The van der Waals surface area contributed by atoms with Crippen molar-refractivity contribution >= 4 is 28.9 Å². The number of likely N-dealkylation sites (tertiary alicyclic amines) is 1. The molecule has 27 heavy (non-hydrogen) atoms. The Hall–Kier alpha value is -1.79. The van der Waals surface area contributed by atoms with Crippen LogP contribution >= 0.6 is 12.2 Å². The molecule has 1 saturated heterocycles. The van der Waals surface area contributed by atoms with E-state index in [2.05, 4.69) is 20.8 Å². The summed E-state index contributed by atoms with van der Waals surface area (Å²) in [6.07, 6.45) is 0.944. The Balaban J connectivity index is 2.07. The third-order valence-electron chi connectivity index (χ3n) is 5.26. The van der Waals surface area contributed by atoms with Crippen molar-refractivity contribution in [2.75, 3.05) is 6.54 Å². The molecule has 3 N–H and O–H groups in total. The van der Waals surface area contributed by atoms with E-state index in [0.29, 0.717) is 30.5 Å². The van der Waals surface area contributed by atoms with Crippen molar-refractivity contribution < 1.29 is 14.7 Å². The first-order chi connectivity index (χ1) is 12.5. The first-order valence-electron chi connectivity index (χ1n) is 9.42.